The first kappa shape index (κ1) is 10.4. The molecular formula is C12H18B-. The van der Waals surface area contributed by atoms with Crippen LogP contribution in [0.25, 0.3) is 0 Å². The fraction of sp³-hybridized carbons (Fsp3) is 0.500. The zero-order valence-electron chi connectivity index (χ0n) is 9.58. The maximum absolute atomic E-state index is 2.21. The molecule has 0 saturated carbocycles. The zero-order valence-corrected chi connectivity index (χ0v) is 9.58. The van der Waals surface area contributed by atoms with Gasteiger partial charge in [0.1, 0.15) is 0 Å². The summed E-state index contributed by atoms with van der Waals surface area (Å²) in [6, 6.07) is 0. The standard InChI is InChI=1S/C12H18B/c1-7-8(2)10(4)12(13-6)11(5)9(7)3/h1-6H3/q-1. The molecule has 0 saturated heterocycles. The van der Waals surface area contributed by atoms with E-state index in [4.69, 9.17) is 0 Å². The Hall–Kier alpha value is -0.715. The Labute approximate surface area is 82.6 Å². The monoisotopic (exact) mass is 173 g/mol. The van der Waals surface area contributed by atoms with Gasteiger partial charge in [-0.15, -0.1) is 0 Å². The van der Waals surface area contributed by atoms with Crippen molar-refractivity contribution >= 4 is 12.7 Å². The van der Waals surface area contributed by atoms with Gasteiger partial charge in [0.05, 0.1) is 0 Å². The van der Waals surface area contributed by atoms with Crippen LogP contribution in [0.1, 0.15) is 27.8 Å². The van der Waals surface area contributed by atoms with Crippen LogP contribution >= 0.6 is 0 Å². The van der Waals surface area contributed by atoms with Crippen LogP contribution in [0.2, 0.25) is 6.82 Å². The van der Waals surface area contributed by atoms with Gasteiger partial charge in [-0.3, -0.25) is 5.46 Å². The minimum absolute atomic E-state index is 1.42. The topological polar surface area (TPSA) is 0 Å². The molecule has 0 aromatic heterocycles. The lowest BCUT2D eigenvalue weighted by Crippen LogP contribution is -2.22. The van der Waals surface area contributed by atoms with Crippen molar-refractivity contribution in [3.8, 4) is 0 Å². The highest BCUT2D eigenvalue weighted by Gasteiger charge is 2.04. The van der Waals surface area contributed by atoms with Gasteiger partial charge < -0.3 is 7.28 Å². The third kappa shape index (κ3) is 1.52. The normalized spacial score (nSPS) is 10.6. The van der Waals surface area contributed by atoms with Crippen molar-refractivity contribution in [3.05, 3.63) is 27.8 Å². The second-order valence-electron chi connectivity index (χ2n) is 3.83. The minimum atomic E-state index is 1.42. The van der Waals surface area contributed by atoms with Crippen LogP contribution in [-0.2, 0) is 0 Å². The first-order valence-corrected chi connectivity index (χ1v) is 4.87. The molecule has 13 heavy (non-hydrogen) atoms. The van der Waals surface area contributed by atoms with Gasteiger partial charge in [0.25, 0.3) is 0 Å². The molecular weight excluding hydrogens is 155 g/mol. The van der Waals surface area contributed by atoms with Gasteiger partial charge in [-0.25, -0.2) is 6.82 Å². The Kier molecular flexibility index (Phi) is 2.85. The molecule has 0 fully saturated rings. The van der Waals surface area contributed by atoms with Crippen LogP contribution < -0.4 is 5.46 Å². The molecule has 0 aliphatic rings. The smallest absolute Gasteiger partial charge is 0.0392 e. The van der Waals surface area contributed by atoms with Crippen molar-refractivity contribution in [1.82, 2.24) is 0 Å². The summed E-state index contributed by atoms with van der Waals surface area (Å²) in [6.45, 7) is 13.2. The zero-order chi connectivity index (χ0) is 10.2. The van der Waals surface area contributed by atoms with Gasteiger partial charge in [-0.2, -0.15) is 0 Å². The van der Waals surface area contributed by atoms with Gasteiger partial charge in [-0.05, 0) is 51.3 Å². The number of hydrogen-bond acceptors (Lipinski definition) is 0. The summed E-state index contributed by atoms with van der Waals surface area (Å²) in [5.74, 6) is 0. The maximum atomic E-state index is 2.21. The summed E-state index contributed by atoms with van der Waals surface area (Å²) in [5, 5.41) is 0. The predicted molar refractivity (Wildman–Crippen MR) is 61.4 cm³/mol. The summed E-state index contributed by atoms with van der Waals surface area (Å²) < 4.78 is 0. The van der Waals surface area contributed by atoms with Gasteiger partial charge in [0.2, 0.25) is 0 Å². The Morgan fingerprint density at radius 3 is 1.23 bits per heavy atom. The van der Waals surface area contributed by atoms with E-state index < -0.39 is 0 Å². The van der Waals surface area contributed by atoms with E-state index in [2.05, 4.69) is 48.7 Å². The highest BCUT2D eigenvalue weighted by Crippen LogP contribution is 2.18. The van der Waals surface area contributed by atoms with Crippen LogP contribution in [0.3, 0.4) is 0 Å². The average Bonchev–Trinajstić information content (AvgIpc) is 2.13. The van der Waals surface area contributed by atoms with Crippen molar-refractivity contribution < 1.29 is 0 Å². The van der Waals surface area contributed by atoms with E-state index in [1.54, 1.807) is 0 Å². The summed E-state index contributed by atoms with van der Waals surface area (Å²) in [7, 11) is 2.21. The van der Waals surface area contributed by atoms with Crippen LogP contribution in [-0.4, -0.2) is 7.28 Å². The molecule has 0 unspecified atom stereocenters. The Bertz CT molecular complexity index is 308. The van der Waals surface area contributed by atoms with Gasteiger partial charge in [0, 0.05) is 0 Å². The van der Waals surface area contributed by atoms with Gasteiger partial charge in [-0.1, -0.05) is 11.1 Å². The molecule has 0 N–H and O–H groups in total. The van der Waals surface area contributed by atoms with Gasteiger partial charge >= 0.3 is 0 Å². The first-order valence-electron chi connectivity index (χ1n) is 4.87. The SMILES string of the molecule is C[B-]c1c(C)c(C)c(C)c(C)c1C. The Morgan fingerprint density at radius 1 is 0.615 bits per heavy atom. The number of benzene rings is 1. The Morgan fingerprint density at radius 2 is 0.923 bits per heavy atom. The van der Waals surface area contributed by atoms with E-state index in [-0.39, 0.29) is 0 Å². The quantitative estimate of drug-likeness (QED) is 0.572. The third-order valence-electron chi connectivity index (χ3n) is 3.35. The van der Waals surface area contributed by atoms with Crippen LogP contribution in [0.15, 0.2) is 0 Å². The van der Waals surface area contributed by atoms with E-state index in [1.165, 1.54) is 33.3 Å². The molecule has 1 aromatic carbocycles. The molecule has 2 radical (unpaired) electrons. The molecule has 1 aromatic rings. The lowest BCUT2D eigenvalue weighted by atomic mass is 9.66. The minimum Gasteiger partial charge on any atom is -0.300 e. The largest absolute Gasteiger partial charge is 0.300 e. The highest BCUT2D eigenvalue weighted by atomic mass is 14.1. The van der Waals surface area contributed by atoms with E-state index in [1.807, 2.05) is 0 Å². The van der Waals surface area contributed by atoms with E-state index in [0.29, 0.717) is 0 Å². The predicted octanol–water partition coefficient (Wildman–Crippen LogP) is 2.61. The van der Waals surface area contributed by atoms with Crippen molar-refractivity contribution in [2.75, 3.05) is 0 Å². The molecule has 0 nitrogen and oxygen atoms in total. The molecule has 1 heteroatoms. The summed E-state index contributed by atoms with van der Waals surface area (Å²) >= 11 is 0. The molecule has 70 valence electrons. The summed E-state index contributed by atoms with van der Waals surface area (Å²) in [5.41, 5.74) is 8.61. The molecule has 0 atom stereocenters. The third-order valence-corrected chi connectivity index (χ3v) is 3.35. The van der Waals surface area contributed by atoms with E-state index >= 15 is 0 Å². The van der Waals surface area contributed by atoms with Crippen molar-refractivity contribution in [3.63, 3.8) is 0 Å². The number of hydrogen-bond donors (Lipinski definition) is 0. The molecule has 0 aliphatic heterocycles. The van der Waals surface area contributed by atoms with E-state index in [9.17, 15) is 0 Å². The van der Waals surface area contributed by atoms with Crippen LogP contribution in [0.5, 0.6) is 0 Å². The van der Waals surface area contributed by atoms with Gasteiger partial charge in [0.15, 0.2) is 0 Å². The highest BCUT2D eigenvalue weighted by molar-refractivity contribution is 6.53. The second kappa shape index (κ2) is 3.57. The lowest BCUT2D eigenvalue weighted by molar-refractivity contribution is 1.19. The van der Waals surface area contributed by atoms with Crippen molar-refractivity contribution in [1.29, 1.82) is 0 Å². The van der Waals surface area contributed by atoms with Crippen LogP contribution in [0.4, 0.5) is 0 Å². The summed E-state index contributed by atoms with van der Waals surface area (Å²) in [6.07, 6.45) is 0. The molecule has 0 heterocycles. The van der Waals surface area contributed by atoms with Crippen molar-refractivity contribution in [2.45, 2.75) is 41.4 Å². The molecule has 0 amide bonds. The fourth-order valence-electron chi connectivity index (χ4n) is 1.96. The molecule has 0 spiro atoms. The lowest BCUT2D eigenvalue weighted by Gasteiger charge is -2.25. The summed E-state index contributed by atoms with van der Waals surface area (Å²) in [4.78, 5) is 0. The average molecular weight is 173 g/mol. The maximum Gasteiger partial charge on any atom is -0.0392 e. The first-order chi connectivity index (χ1) is 6.00. The number of rotatable bonds is 1. The van der Waals surface area contributed by atoms with Crippen LogP contribution in [0, 0.1) is 34.6 Å². The molecule has 0 aliphatic carbocycles. The molecule has 0 bridgehead atoms. The van der Waals surface area contributed by atoms with E-state index in [0.717, 1.165) is 0 Å². The Balaban J connectivity index is 3.56. The second-order valence-corrected chi connectivity index (χ2v) is 3.83. The molecule has 1 rings (SSSR count). The fourth-order valence-corrected chi connectivity index (χ4v) is 1.96. The van der Waals surface area contributed by atoms with Crippen molar-refractivity contribution in [2.24, 2.45) is 0 Å².